The van der Waals surface area contributed by atoms with Gasteiger partial charge in [0.15, 0.2) is 0 Å². The van der Waals surface area contributed by atoms with E-state index in [0.29, 0.717) is 0 Å². The number of ether oxygens (including phenoxy) is 1. The first-order valence-corrected chi connectivity index (χ1v) is 10.5. The number of amides is 3. The van der Waals surface area contributed by atoms with Crippen molar-refractivity contribution < 1.29 is 27.5 Å². The zero-order chi connectivity index (χ0) is 25.8. The molecule has 3 aromatic carbocycles. The summed E-state index contributed by atoms with van der Waals surface area (Å²) in [6, 6.07) is 12.1. The number of alkyl halides is 3. The van der Waals surface area contributed by atoms with Gasteiger partial charge in [-0.15, -0.1) is 0 Å². The van der Waals surface area contributed by atoms with Crippen molar-refractivity contribution >= 4 is 52.4 Å². The monoisotopic (exact) mass is 524 g/mol. The lowest BCUT2D eigenvalue weighted by molar-refractivity contribution is -0.137. The van der Waals surface area contributed by atoms with E-state index in [4.69, 9.17) is 33.7 Å². The van der Waals surface area contributed by atoms with Crippen molar-refractivity contribution in [3.05, 3.63) is 87.4 Å². The number of aliphatic imine (C=N–C) groups is 1. The van der Waals surface area contributed by atoms with Gasteiger partial charge in [-0.1, -0.05) is 35.3 Å². The molecule has 0 saturated heterocycles. The van der Waals surface area contributed by atoms with E-state index in [-0.39, 0.29) is 44.1 Å². The second kappa shape index (κ2) is 10.7. The number of carbonyl (C=O) groups is 2. The Morgan fingerprint density at radius 1 is 0.943 bits per heavy atom. The molecule has 0 heterocycles. The van der Waals surface area contributed by atoms with Crippen LogP contribution in [-0.4, -0.2) is 24.9 Å². The largest absolute Gasteiger partial charge is 0.496 e. The third-order valence-corrected chi connectivity index (χ3v) is 5.22. The third-order valence-electron chi connectivity index (χ3n) is 4.59. The van der Waals surface area contributed by atoms with Gasteiger partial charge in [-0.25, -0.2) is 4.79 Å². The standard InChI is InChI=1S/C23H17Cl2F3N4O3/c1-35-18-11-14(31-22(34)32-20(29)19-16(24)6-3-7-17(19)25)8-9-15(18)21(33)30-13-5-2-4-12(10-13)23(26,27)28/h2-11H,1H3,(H,30,33)(H3,29,31,32,34). The summed E-state index contributed by atoms with van der Waals surface area (Å²) < 4.78 is 43.9. The lowest BCUT2D eigenvalue weighted by atomic mass is 10.1. The van der Waals surface area contributed by atoms with Gasteiger partial charge in [-0.3, -0.25) is 4.79 Å². The summed E-state index contributed by atoms with van der Waals surface area (Å²) in [5.41, 5.74) is 5.33. The maximum atomic E-state index is 12.9. The zero-order valence-electron chi connectivity index (χ0n) is 17.9. The summed E-state index contributed by atoms with van der Waals surface area (Å²) in [6.45, 7) is 0. The maximum Gasteiger partial charge on any atom is 0.416 e. The van der Waals surface area contributed by atoms with Crippen LogP contribution in [0.3, 0.4) is 0 Å². The van der Waals surface area contributed by atoms with Crippen molar-refractivity contribution in [2.45, 2.75) is 6.18 Å². The average Bonchev–Trinajstić information content (AvgIpc) is 2.78. The van der Waals surface area contributed by atoms with E-state index < -0.39 is 23.7 Å². The van der Waals surface area contributed by atoms with Crippen molar-refractivity contribution in [2.75, 3.05) is 17.7 Å². The minimum Gasteiger partial charge on any atom is -0.496 e. The number of nitrogens with two attached hydrogens (primary N) is 1. The van der Waals surface area contributed by atoms with Crippen LogP contribution in [0.15, 0.2) is 65.7 Å². The Balaban J connectivity index is 1.77. The minimum atomic E-state index is -4.55. The number of methoxy groups -OCH3 is 1. The molecule has 0 unspecified atom stereocenters. The molecule has 0 saturated carbocycles. The number of hydrogen-bond donors (Lipinski definition) is 3. The number of halogens is 5. The van der Waals surface area contributed by atoms with Crippen LogP contribution in [-0.2, 0) is 6.18 Å². The summed E-state index contributed by atoms with van der Waals surface area (Å²) in [5, 5.41) is 5.28. The normalized spacial score (nSPS) is 11.7. The van der Waals surface area contributed by atoms with Gasteiger partial charge in [0.05, 0.1) is 33.8 Å². The fourth-order valence-electron chi connectivity index (χ4n) is 2.99. The topological polar surface area (TPSA) is 106 Å². The average molecular weight is 525 g/mol. The van der Waals surface area contributed by atoms with E-state index in [1.54, 1.807) is 6.07 Å². The number of nitrogens with one attached hydrogen (secondary N) is 2. The Kier molecular flexibility index (Phi) is 7.88. The van der Waals surface area contributed by atoms with Crippen LogP contribution in [0.5, 0.6) is 5.75 Å². The molecule has 3 aromatic rings. The summed E-state index contributed by atoms with van der Waals surface area (Å²) in [7, 11) is 1.29. The van der Waals surface area contributed by atoms with Crippen LogP contribution in [0.2, 0.25) is 10.0 Å². The molecular formula is C23H17Cl2F3N4O3. The second-order valence-electron chi connectivity index (χ2n) is 6.97. The summed E-state index contributed by atoms with van der Waals surface area (Å²) in [6.07, 6.45) is -4.55. The molecule has 0 aliphatic heterocycles. The van der Waals surface area contributed by atoms with Gasteiger partial charge in [0, 0.05) is 17.4 Å². The predicted octanol–water partition coefficient (Wildman–Crippen LogP) is 6.21. The van der Waals surface area contributed by atoms with Crippen LogP contribution in [0.1, 0.15) is 21.5 Å². The molecule has 7 nitrogen and oxygen atoms in total. The molecule has 182 valence electrons. The highest BCUT2D eigenvalue weighted by atomic mass is 35.5. The van der Waals surface area contributed by atoms with Gasteiger partial charge in [0.2, 0.25) is 0 Å². The SMILES string of the molecule is COc1cc(NC(=O)/N=C(\N)c2c(Cl)cccc2Cl)ccc1C(=O)Nc1cccc(C(F)(F)F)c1. The highest BCUT2D eigenvalue weighted by molar-refractivity contribution is 6.40. The molecule has 12 heteroatoms. The molecule has 3 rings (SSSR count). The third kappa shape index (κ3) is 6.43. The van der Waals surface area contributed by atoms with Crippen LogP contribution >= 0.6 is 23.2 Å². The quantitative estimate of drug-likeness (QED) is 0.272. The van der Waals surface area contributed by atoms with Gasteiger partial charge in [-0.05, 0) is 42.5 Å². The number of carbonyl (C=O) groups excluding carboxylic acids is 2. The Morgan fingerprint density at radius 2 is 1.57 bits per heavy atom. The van der Waals surface area contributed by atoms with Gasteiger partial charge in [-0.2, -0.15) is 18.2 Å². The van der Waals surface area contributed by atoms with Gasteiger partial charge in [0.1, 0.15) is 11.6 Å². The Bertz CT molecular complexity index is 1290. The molecule has 4 N–H and O–H groups in total. The van der Waals surface area contributed by atoms with Crippen LogP contribution in [0, 0.1) is 0 Å². The fourth-order valence-corrected chi connectivity index (χ4v) is 3.58. The first-order chi connectivity index (χ1) is 16.5. The van der Waals surface area contributed by atoms with E-state index >= 15 is 0 Å². The number of amidine groups is 1. The molecule has 0 aliphatic carbocycles. The molecule has 3 amide bonds. The number of urea groups is 1. The molecule has 35 heavy (non-hydrogen) atoms. The molecule has 0 fully saturated rings. The van der Waals surface area contributed by atoms with E-state index in [9.17, 15) is 22.8 Å². The Labute approximate surface area is 207 Å². The van der Waals surface area contributed by atoms with Crippen LogP contribution in [0.25, 0.3) is 0 Å². The van der Waals surface area contributed by atoms with E-state index in [1.807, 2.05) is 0 Å². The zero-order valence-corrected chi connectivity index (χ0v) is 19.4. The van der Waals surface area contributed by atoms with Gasteiger partial charge in [0.25, 0.3) is 5.91 Å². The number of hydrogen-bond acceptors (Lipinski definition) is 3. The van der Waals surface area contributed by atoms with Crippen molar-refractivity contribution in [3.63, 3.8) is 0 Å². The molecular weight excluding hydrogens is 508 g/mol. The van der Waals surface area contributed by atoms with Crippen LogP contribution < -0.4 is 21.1 Å². The number of nitrogens with zero attached hydrogens (tertiary/aromatic N) is 1. The Hall–Kier alpha value is -3.76. The number of anilines is 2. The maximum absolute atomic E-state index is 12.9. The van der Waals surface area contributed by atoms with Gasteiger partial charge < -0.3 is 21.1 Å². The number of benzene rings is 3. The summed E-state index contributed by atoms with van der Waals surface area (Å²) in [5.74, 6) is -0.866. The van der Waals surface area contributed by atoms with E-state index in [1.165, 1.54) is 49.6 Å². The highest BCUT2D eigenvalue weighted by Crippen LogP contribution is 2.31. The molecule has 0 atom stereocenters. The van der Waals surface area contributed by atoms with Crippen molar-refractivity contribution in [2.24, 2.45) is 10.7 Å². The highest BCUT2D eigenvalue weighted by Gasteiger charge is 2.30. The molecule has 0 aromatic heterocycles. The molecule has 0 bridgehead atoms. The second-order valence-corrected chi connectivity index (χ2v) is 7.79. The minimum absolute atomic E-state index is 0.0220. The van der Waals surface area contributed by atoms with Crippen LogP contribution in [0.4, 0.5) is 29.3 Å². The van der Waals surface area contributed by atoms with E-state index in [2.05, 4.69) is 15.6 Å². The summed E-state index contributed by atoms with van der Waals surface area (Å²) >= 11 is 12.1. The fraction of sp³-hybridized carbons (Fsp3) is 0.0870. The van der Waals surface area contributed by atoms with Crippen molar-refractivity contribution in [3.8, 4) is 5.75 Å². The van der Waals surface area contributed by atoms with Gasteiger partial charge >= 0.3 is 12.2 Å². The first-order valence-electron chi connectivity index (χ1n) is 9.75. The lowest BCUT2D eigenvalue weighted by Gasteiger charge is -2.13. The number of rotatable bonds is 5. The molecule has 0 radical (unpaired) electrons. The molecule has 0 spiro atoms. The van der Waals surface area contributed by atoms with E-state index in [0.717, 1.165) is 12.1 Å². The van der Waals surface area contributed by atoms with Crippen molar-refractivity contribution in [1.29, 1.82) is 0 Å². The Morgan fingerprint density at radius 3 is 2.20 bits per heavy atom. The van der Waals surface area contributed by atoms with Crippen molar-refractivity contribution in [1.82, 2.24) is 0 Å². The smallest absolute Gasteiger partial charge is 0.416 e. The lowest BCUT2D eigenvalue weighted by Crippen LogP contribution is -2.19. The molecule has 0 aliphatic rings. The first kappa shape index (κ1) is 25.9. The predicted molar refractivity (Wildman–Crippen MR) is 129 cm³/mol. The summed E-state index contributed by atoms with van der Waals surface area (Å²) in [4.78, 5) is 28.7.